The first kappa shape index (κ1) is 24.1. The molecule has 1 amide bonds. The van der Waals surface area contributed by atoms with Crippen LogP contribution in [-0.4, -0.2) is 54.0 Å². The van der Waals surface area contributed by atoms with Crippen LogP contribution in [0.1, 0.15) is 18.1 Å². The first-order valence-corrected chi connectivity index (χ1v) is 11.2. The van der Waals surface area contributed by atoms with E-state index in [0.29, 0.717) is 34.5 Å². The van der Waals surface area contributed by atoms with E-state index in [9.17, 15) is 4.79 Å². The van der Waals surface area contributed by atoms with Crippen molar-refractivity contribution in [1.82, 2.24) is 20.2 Å². The normalized spacial score (nSPS) is 10.9. The Kier molecular flexibility index (Phi) is 8.31. The molecule has 0 spiro atoms. The largest absolute Gasteiger partial charge is 0.493 e. The number of hydrogen-bond acceptors (Lipinski definition) is 8. The van der Waals surface area contributed by atoms with Crippen LogP contribution in [0.5, 0.6) is 17.2 Å². The number of hydrogen-bond donors (Lipinski definition) is 1. The Morgan fingerprint density at radius 1 is 1.06 bits per heavy atom. The first-order chi connectivity index (χ1) is 16.0. The van der Waals surface area contributed by atoms with Crippen LogP contribution in [0, 0.1) is 6.92 Å². The van der Waals surface area contributed by atoms with Crippen molar-refractivity contribution in [2.24, 2.45) is 5.10 Å². The molecule has 1 aromatic heterocycles. The molecular formula is C23H27N5O4S. The van der Waals surface area contributed by atoms with Gasteiger partial charge in [-0.15, -0.1) is 10.2 Å². The lowest BCUT2D eigenvalue weighted by molar-refractivity contribution is -0.118. The second-order valence-electron chi connectivity index (χ2n) is 6.92. The highest BCUT2D eigenvalue weighted by molar-refractivity contribution is 7.99. The molecule has 3 aromatic rings. The highest BCUT2D eigenvalue weighted by atomic mass is 32.2. The number of thioether (sulfide) groups is 1. The van der Waals surface area contributed by atoms with Gasteiger partial charge in [0.05, 0.1) is 33.3 Å². The zero-order valence-electron chi connectivity index (χ0n) is 19.3. The zero-order chi connectivity index (χ0) is 23.8. The number of nitrogens with zero attached hydrogens (tertiary/aromatic N) is 4. The summed E-state index contributed by atoms with van der Waals surface area (Å²) in [6.07, 6.45) is 1.49. The molecule has 0 aliphatic rings. The van der Waals surface area contributed by atoms with Gasteiger partial charge in [-0.1, -0.05) is 41.6 Å². The lowest BCUT2D eigenvalue weighted by atomic mass is 10.1. The van der Waals surface area contributed by atoms with E-state index in [1.165, 1.54) is 37.8 Å². The number of ether oxygens (including phenoxy) is 3. The van der Waals surface area contributed by atoms with Crippen molar-refractivity contribution in [3.63, 3.8) is 0 Å². The fraction of sp³-hybridized carbons (Fsp3) is 0.304. The van der Waals surface area contributed by atoms with Crippen LogP contribution >= 0.6 is 11.8 Å². The maximum atomic E-state index is 12.3. The Morgan fingerprint density at radius 3 is 2.42 bits per heavy atom. The molecule has 174 valence electrons. The summed E-state index contributed by atoms with van der Waals surface area (Å²) in [5.41, 5.74) is 5.33. The van der Waals surface area contributed by atoms with Gasteiger partial charge in [0.15, 0.2) is 22.5 Å². The van der Waals surface area contributed by atoms with E-state index in [1.807, 2.05) is 42.7 Å². The monoisotopic (exact) mass is 469 g/mol. The van der Waals surface area contributed by atoms with E-state index < -0.39 is 0 Å². The molecule has 33 heavy (non-hydrogen) atoms. The lowest BCUT2D eigenvalue weighted by Gasteiger charge is -2.13. The van der Waals surface area contributed by atoms with E-state index >= 15 is 0 Å². The predicted octanol–water partition coefficient (Wildman–Crippen LogP) is 3.54. The van der Waals surface area contributed by atoms with Crippen LogP contribution in [-0.2, 0) is 11.3 Å². The van der Waals surface area contributed by atoms with Gasteiger partial charge in [0, 0.05) is 17.7 Å². The molecule has 0 saturated carbocycles. The van der Waals surface area contributed by atoms with E-state index in [0.717, 1.165) is 11.4 Å². The number of amides is 1. The van der Waals surface area contributed by atoms with Gasteiger partial charge in [0.1, 0.15) is 0 Å². The molecule has 0 fully saturated rings. The molecule has 0 bridgehead atoms. The molecule has 9 nitrogen and oxygen atoms in total. The molecule has 1 N–H and O–H groups in total. The Balaban J connectivity index is 1.64. The van der Waals surface area contributed by atoms with E-state index in [1.54, 1.807) is 19.2 Å². The summed E-state index contributed by atoms with van der Waals surface area (Å²) in [4.78, 5) is 12.3. The fourth-order valence-corrected chi connectivity index (χ4v) is 3.95. The number of carbonyl (C=O) groups is 1. The van der Waals surface area contributed by atoms with Gasteiger partial charge in [-0.2, -0.15) is 5.10 Å². The topological polar surface area (TPSA) is 99.9 Å². The summed E-state index contributed by atoms with van der Waals surface area (Å²) < 4.78 is 18.0. The number of rotatable bonds is 10. The molecule has 0 atom stereocenters. The number of methoxy groups -OCH3 is 3. The van der Waals surface area contributed by atoms with Crippen molar-refractivity contribution in [2.75, 3.05) is 27.1 Å². The molecule has 0 radical (unpaired) electrons. The van der Waals surface area contributed by atoms with Gasteiger partial charge in [0.2, 0.25) is 5.75 Å². The van der Waals surface area contributed by atoms with Gasteiger partial charge in [-0.3, -0.25) is 4.79 Å². The van der Waals surface area contributed by atoms with Crippen molar-refractivity contribution in [1.29, 1.82) is 0 Å². The van der Waals surface area contributed by atoms with Crippen LogP contribution < -0.4 is 19.6 Å². The minimum Gasteiger partial charge on any atom is -0.493 e. The third-order valence-electron chi connectivity index (χ3n) is 4.80. The minimum atomic E-state index is -0.266. The van der Waals surface area contributed by atoms with E-state index in [-0.39, 0.29) is 11.7 Å². The van der Waals surface area contributed by atoms with Gasteiger partial charge in [-0.25, -0.2) is 5.43 Å². The summed E-state index contributed by atoms with van der Waals surface area (Å²) in [5.74, 6) is 2.11. The van der Waals surface area contributed by atoms with Crippen molar-refractivity contribution >= 4 is 23.9 Å². The molecule has 0 aliphatic carbocycles. The van der Waals surface area contributed by atoms with Crippen LogP contribution in [0.15, 0.2) is 46.7 Å². The molecule has 10 heteroatoms. The van der Waals surface area contributed by atoms with E-state index in [2.05, 4.69) is 20.7 Å². The molecule has 0 aliphatic heterocycles. The molecule has 0 saturated heterocycles. The maximum absolute atomic E-state index is 12.3. The highest BCUT2D eigenvalue weighted by Crippen LogP contribution is 2.39. The maximum Gasteiger partial charge on any atom is 0.250 e. The Bertz CT molecular complexity index is 1130. The van der Waals surface area contributed by atoms with Crippen LogP contribution in [0.2, 0.25) is 0 Å². The van der Waals surface area contributed by atoms with Gasteiger partial charge < -0.3 is 18.8 Å². The summed E-state index contributed by atoms with van der Waals surface area (Å²) in [6, 6.07) is 11.6. The fourth-order valence-electron chi connectivity index (χ4n) is 3.16. The number of benzene rings is 2. The van der Waals surface area contributed by atoms with Gasteiger partial charge in [-0.05, 0) is 26.0 Å². The summed E-state index contributed by atoms with van der Waals surface area (Å²) in [7, 11) is 4.60. The Labute approximate surface area is 197 Å². The predicted molar refractivity (Wildman–Crippen MR) is 128 cm³/mol. The summed E-state index contributed by atoms with van der Waals surface area (Å²) >= 11 is 1.31. The van der Waals surface area contributed by atoms with Crippen molar-refractivity contribution in [3.05, 3.63) is 47.5 Å². The SMILES string of the molecule is CCn1c(SCC(=O)N/N=C\c2ccc(OC)c(OC)c2OC)nnc1-c1ccc(C)cc1. The number of hydrazone groups is 1. The van der Waals surface area contributed by atoms with Gasteiger partial charge in [0.25, 0.3) is 5.91 Å². The highest BCUT2D eigenvalue weighted by Gasteiger charge is 2.16. The molecule has 3 rings (SSSR count). The second-order valence-corrected chi connectivity index (χ2v) is 7.86. The standard InChI is InChI=1S/C23H27N5O4S/c1-6-28-22(16-9-7-15(2)8-10-16)26-27-23(28)33-14-19(29)25-24-13-17-11-12-18(30-3)21(32-5)20(17)31-4/h7-13H,6,14H2,1-5H3,(H,25,29)/b24-13-. The Hall–Kier alpha value is -3.53. The van der Waals surface area contributed by atoms with Crippen LogP contribution in [0.3, 0.4) is 0 Å². The minimum absolute atomic E-state index is 0.145. The molecule has 0 unspecified atom stereocenters. The summed E-state index contributed by atoms with van der Waals surface area (Å²) in [5, 5.41) is 13.3. The number of carbonyl (C=O) groups excluding carboxylic acids is 1. The zero-order valence-corrected chi connectivity index (χ0v) is 20.1. The number of aromatic nitrogens is 3. The number of aryl methyl sites for hydroxylation is 1. The average molecular weight is 470 g/mol. The number of nitrogens with one attached hydrogen (secondary N) is 1. The van der Waals surface area contributed by atoms with Crippen molar-refractivity contribution in [3.8, 4) is 28.6 Å². The van der Waals surface area contributed by atoms with Crippen LogP contribution in [0.4, 0.5) is 0 Å². The molecule has 1 heterocycles. The summed E-state index contributed by atoms with van der Waals surface area (Å²) in [6.45, 7) is 4.75. The third-order valence-corrected chi connectivity index (χ3v) is 5.77. The van der Waals surface area contributed by atoms with Crippen LogP contribution in [0.25, 0.3) is 11.4 Å². The second kappa shape index (κ2) is 11.4. The van der Waals surface area contributed by atoms with E-state index in [4.69, 9.17) is 14.2 Å². The van der Waals surface area contributed by atoms with Crippen molar-refractivity contribution in [2.45, 2.75) is 25.5 Å². The van der Waals surface area contributed by atoms with Gasteiger partial charge >= 0.3 is 0 Å². The smallest absolute Gasteiger partial charge is 0.250 e. The van der Waals surface area contributed by atoms with Crippen molar-refractivity contribution < 1.29 is 19.0 Å². The quantitative estimate of drug-likeness (QED) is 0.275. The Morgan fingerprint density at radius 2 is 1.79 bits per heavy atom. The first-order valence-electron chi connectivity index (χ1n) is 10.3. The third kappa shape index (κ3) is 5.64. The lowest BCUT2D eigenvalue weighted by Crippen LogP contribution is -2.20. The average Bonchev–Trinajstić information content (AvgIpc) is 3.25. The molecular weight excluding hydrogens is 442 g/mol. The molecule has 2 aromatic carbocycles.